The van der Waals surface area contributed by atoms with Gasteiger partial charge >= 0.3 is 12.0 Å². The number of urea groups is 1. The van der Waals surface area contributed by atoms with Crippen LogP contribution in [0, 0.1) is 0 Å². The molecule has 1 aromatic heterocycles. The Morgan fingerprint density at radius 2 is 1.79 bits per heavy atom. The number of anilines is 2. The Hall–Kier alpha value is -3.28. The van der Waals surface area contributed by atoms with Crippen LogP contribution in [0.3, 0.4) is 0 Å². The Morgan fingerprint density at radius 1 is 1.04 bits per heavy atom. The van der Waals surface area contributed by atoms with Gasteiger partial charge in [-0.3, -0.25) is 0 Å². The number of aromatic amines is 1. The Bertz CT molecular complexity index is 869. The molecule has 0 aliphatic heterocycles. The highest BCUT2D eigenvalue weighted by atomic mass is 16.5. The SMILES string of the molecule is CCOC(=O)c1ccc(NC(=O)Nc2c[nH]c3ccccc23)cc1. The van der Waals surface area contributed by atoms with Gasteiger partial charge in [-0.2, -0.15) is 0 Å². The Balaban J connectivity index is 1.65. The molecule has 0 bridgehead atoms. The smallest absolute Gasteiger partial charge is 0.338 e. The third kappa shape index (κ3) is 3.38. The quantitative estimate of drug-likeness (QED) is 0.635. The average Bonchev–Trinajstić information content (AvgIpc) is 2.99. The summed E-state index contributed by atoms with van der Waals surface area (Å²) in [6.45, 7) is 2.08. The van der Waals surface area contributed by atoms with Gasteiger partial charge in [0.05, 0.1) is 17.9 Å². The normalized spacial score (nSPS) is 10.4. The molecule has 2 aromatic carbocycles. The summed E-state index contributed by atoms with van der Waals surface area (Å²) in [5, 5.41) is 6.46. The summed E-state index contributed by atoms with van der Waals surface area (Å²) in [4.78, 5) is 26.8. The van der Waals surface area contributed by atoms with Crippen LogP contribution in [0.5, 0.6) is 0 Å². The second kappa shape index (κ2) is 6.87. The van der Waals surface area contributed by atoms with Crippen LogP contribution in [0.2, 0.25) is 0 Å². The van der Waals surface area contributed by atoms with Crippen molar-refractivity contribution in [3.05, 3.63) is 60.3 Å². The molecule has 0 spiro atoms. The van der Waals surface area contributed by atoms with Gasteiger partial charge in [0.1, 0.15) is 0 Å². The van der Waals surface area contributed by atoms with E-state index in [4.69, 9.17) is 4.74 Å². The first-order valence-electron chi connectivity index (χ1n) is 7.58. The van der Waals surface area contributed by atoms with Crippen LogP contribution in [-0.4, -0.2) is 23.6 Å². The van der Waals surface area contributed by atoms with E-state index in [1.807, 2.05) is 24.3 Å². The maximum atomic E-state index is 12.1. The van der Waals surface area contributed by atoms with Crippen LogP contribution in [-0.2, 0) is 4.74 Å². The first-order valence-corrected chi connectivity index (χ1v) is 7.58. The summed E-state index contributed by atoms with van der Waals surface area (Å²) in [5.74, 6) is -0.382. The molecular weight excluding hydrogens is 306 g/mol. The molecule has 0 saturated heterocycles. The zero-order valence-electron chi connectivity index (χ0n) is 13.1. The van der Waals surface area contributed by atoms with Crippen molar-refractivity contribution in [3.8, 4) is 0 Å². The van der Waals surface area contributed by atoms with Crippen LogP contribution >= 0.6 is 0 Å². The van der Waals surface area contributed by atoms with Crippen LogP contribution in [0.15, 0.2) is 54.7 Å². The zero-order chi connectivity index (χ0) is 16.9. The summed E-state index contributed by atoms with van der Waals surface area (Å²) in [6.07, 6.45) is 1.74. The third-order valence-electron chi connectivity index (χ3n) is 3.49. The van der Waals surface area contributed by atoms with E-state index >= 15 is 0 Å². The van der Waals surface area contributed by atoms with Crippen LogP contribution in [0.25, 0.3) is 10.9 Å². The van der Waals surface area contributed by atoms with Crippen molar-refractivity contribution in [2.45, 2.75) is 6.92 Å². The highest BCUT2D eigenvalue weighted by Gasteiger charge is 2.09. The van der Waals surface area contributed by atoms with E-state index in [1.165, 1.54) is 0 Å². The predicted molar refractivity (Wildman–Crippen MR) is 93.3 cm³/mol. The molecule has 0 aliphatic carbocycles. The molecule has 6 heteroatoms. The maximum absolute atomic E-state index is 12.1. The highest BCUT2D eigenvalue weighted by molar-refractivity contribution is 6.06. The molecule has 3 aromatic rings. The molecule has 3 N–H and O–H groups in total. The summed E-state index contributed by atoms with van der Waals surface area (Å²) in [7, 11) is 0. The average molecular weight is 323 g/mol. The lowest BCUT2D eigenvalue weighted by atomic mass is 10.2. The number of aromatic nitrogens is 1. The van der Waals surface area contributed by atoms with E-state index in [9.17, 15) is 9.59 Å². The van der Waals surface area contributed by atoms with E-state index < -0.39 is 0 Å². The monoisotopic (exact) mass is 323 g/mol. The van der Waals surface area contributed by atoms with Gasteiger partial charge in [0, 0.05) is 22.8 Å². The summed E-state index contributed by atoms with van der Waals surface area (Å²) in [6, 6.07) is 13.9. The lowest BCUT2D eigenvalue weighted by Crippen LogP contribution is -2.19. The Kier molecular flexibility index (Phi) is 4.47. The summed E-state index contributed by atoms with van der Waals surface area (Å²) < 4.78 is 4.92. The zero-order valence-corrected chi connectivity index (χ0v) is 13.1. The van der Waals surface area contributed by atoms with Gasteiger partial charge in [0.2, 0.25) is 0 Å². The number of nitrogens with one attached hydrogen (secondary N) is 3. The number of H-pyrrole nitrogens is 1. The molecule has 0 atom stereocenters. The fourth-order valence-corrected chi connectivity index (χ4v) is 2.36. The first-order chi connectivity index (χ1) is 11.7. The number of rotatable bonds is 4. The molecule has 6 nitrogen and oxygen atoms in total. The van der Waals surface area contributed by atoms with Gasteiger partial charge in [0.15, 0.2) is 0 Å². The molecule has 24 heavy (non-hydrogen) atoms. The predicted octanol–water partition coefficient (Wildman–Crippen LogP) is 3.99. The summed E-state index contributed by atoms with van der Waals surface area (Å²) in [5.41, 5.74) is 2.68. The van der Waals surface area contributed by atoms with Crippen molar-refractivity contribution in [2.24, 2.45) is 0 Å². The maximum Gasteiger partial charge on any atom is 0.338 e. The fourth-order valence-electron chi connectivity index (χ4n) is 2.36. The molecule has 3 rings (SSSR count). The molecule has 1 heterocycles. The first kappa shape index (κ1) is 15.6. The molecule has 2 amide bonds. The van der Waals surface area contributed by atoms with E-state index in [2.05, 4.69) is 15.6 Å². The number of hydrogen-bond donors (Lipinski definition) is 3. The van der Waals surface area contributed by atoms with E-state index in [-0.39, 0.29) is 12.0 Å². The molecule has 0 aliphatic rings. The highest BCUT2D eigenvalue weighted by Crippen LogP contribution is 2.22. The molecule has 0 saturated carbocycles. The minimum absolute atomic E-state index is 0.325. The number of fused-ring (bicyclic) bond motifs is 1. The lowest BCUT2D eigenvalue weighted by Gasteiger charge is -2.07. The third-order valence-corrected chi connectivity index (χ3v) is 3.49. The van der Waals surface area contributed by atoms with Gasteiger partial charge < -0.3 is 20.4 Å². The van der Waals surface area contributed by atoms with Crippen molar-refractivity contribution in [2.75, 3.05) is 17.2 Å². The minimum atomic E-state index is -0.382. The van der Waals surface area contributed by atoms with Crippen molar-refractivity contribution in [3.63, 3.8) is 0 Å². The van der Waals surface area contributed by atoms with Gasteiger partial charge in [-0.25, -0.2) is 9.59 Å². The number of carbonyl (C=O) groups is 2. The molecule has 0 fully saturated rings. The van der Waals surface area contributed by atoms with Crippen molar-refractivity contribution in [1.29, 1.82) is 0 Å². The van der Waals surface area contributed by atoms with Gasteiger partial charge in [-0.1, -0.05) is 18.2 Å². The van der Waals surface area contributed by atoms with Gasteiger partial charge in [0.25, 0.3) is 0 Å². The minimum Gasteiger partial charge on any atom is -0.462 e. The number of esters is 1. The molecule has 0 radical (unpaired) electrons. The standard InChI is InChI=1S/C18H17N3O3/c1-2-24-17(22)12-7-9-13(10-8-12)20-18(23)21-16-11-19-15-6-4-3-5-14(15)16/h3-11,19H,2H2,1H3,(H2,20,21,23). The Morgan fingerprint density at radius 3 is 2.54 bits per heavy atom. The lowest BCUT2D eigenvalue weighted by molar-refractivity contribution is 0.0526. The molecule has 122 valence electrons. The van der Waals surface area contributed by atoms with Crippen molar-refractivity contribution < 1.29 is 14.3 Å². The number of amides is 2. The fraction of sp³-hybridized carbons (Fsp3) is 0.111. The second-order valence-electron chi connectivity index (χ2n) is 5.12. The van der Waals surface area contributed by atoms with E-state index in [1.54, 1.807) is 37.4 Å². The van der Waals surface area contributed by atoms with Crippen molar-refractivity contribution in [1.82, 2.24) is 4.98 Å². The molecular formula is C18H17N3O3. The number of carbonyl (C=O) groups excluding carboxylic acids is 2. The van der Waals surface area contributed by atoms with E-state index in [0.717, 1.165) is 10.9 Å². The van der Waals surface area contributed by atoms with Crippen molar-refractivity contribution >= 4 is 34.3 Å². The number of benzene rings is 2. The Labute approximate surface area is 138 Å². The topological polar surface area (TPSA) is 83.2 Å². The van der Waals surface area contributed by atoms with E-state index in [0.29, 0.717) is 23.5 Å². The van der Waals surface area contributed by atoms with Gasteiger partial charge in [-0.15, -0.1) is 0 Å². The van der Waals surface area contributed by atoms with Crippen LogP contribution in [0.1, 0.15) is 17.3 Å². The summed E-state index contributed by atoms with van der Waals surface area (Å²) >= 11 is 0. The number of para-hydroxylation sites is 1. The number of ether oxygens (including phenoxy) is 1. The second-order valence-corrected chi connectivity index (χ2v) is 5.12. The number of hydrogen-bond acceptors (Lipinski definition) is 3. The van der Waals surface area contributed by atoms with Crippen LogP contribution < -0.4 is 10.6 Å². The van der Waals surface area contributed by atoms with Gasteiger partial charge in [-0.05, 0) is 37.3 Å². The largest absolute Gasteiger partial charge is 0.462 e. The van der Waals surface area contributed by atoms with Crippen LogP contribution in [0.4, 0.5) is 16.2 Å². The molecule has 0 unspecified atom stereocenters.